The Labute approximate surface area is 126 Å². The van der Waals surface area contributed by atoms with E-state index >= 15 is 0 Å². The van der Waals surface area contributed by atoms with Gasteiger partial charge in [0.1, 0.15) is 5.82 Å². The molecule has 1 N–H and O–H groups in total. The number of halogens is 1. The average Bonchev–Trinajstić information content (AvgIpc) is 2.85. The smallest absolute Gasteiger partial charge is 0.234 e. The number of thioether (sulfide) groups is 1. The zero-order valence-electron chi connectivity index (χ0n) is 11.8. The van der Waals surface area contributed by atoms with Gasteiger partial charge in [-0.2, -0.15) is 0 Å². The summed E-state index contributed by atoms with van der Waals surface area (Å²) in [5.41, 5.74) is 0.171. The molecule has 1 aromatic carbocycles. The lowest BCUT2D eigenvalue weighted by Gasteiger charge is -2.07. The molecule has 8 heteroatoms. The van der Waals surface area contributed by atoms with Gasteiger partial charge >= 0.3 is 0 Å². The highest BCUT2D eigenvalue weighted by Gasteiger charge is 2.12. The molecule has 0 fully saturated rings. The van der Waals surface area contributed by atoms with Crippen LogP contribution in [0, 0.1) is 11.7 Å². The van der Waals surface area contributed by atoms with Gasteiger partial charge in [0.2, 0.25) is 11.1 Å². The first kappa shape index (κ1) is 15.4. The van der Waals surface area contributed by atoms with E-state index in [1.165, 1.54) is 23.9 Å². The lowest BCUT2D eigenvalue weighted by molar-refractivity contribution is -0.113. The third-order valence-corrected chi connectivity index (χ3v) is 3.47. The van der Waals surface area contributed by atoms with Gasteiger partial charge in [-0.05, 0) is 28.5 Å². The SMILES string of the molecule is CC(C)Cn1nnnc1SCC(=O)Nc1ccccc1F. The maximum absolute atomic E-state index is 13.4. The van der Waals surface area contributed by atoms with Crippen molar-refractivity contribution in [3.05, 3.63) is 30.1 Å². The van der Waals surface area contributed by atoms with Crippen molar-refractivity contribution in [2.45, 2.75) is 25.5 Å². The summed E-state index contributed by atoms with van der Waals surface area (Å²) in [5, 5.41) is 14.5. The number of benzene rings is 1. The van der Waals surface area contributed by atoms with Crippen LogP contribution in [0.2, 0.25) is 0 Å². The number of rotatable bonds is 6. The van der Waals surface area contributed by atoms with Crippen molar-refractivity contribution in [3.8, 4) is 0 Å². The van der Waals surface area contributed by atoms with Crippen molar-refractivity contribution in [1.82, 2.24) is 20.2 Å². The van der Waals surface area contributed by atoms with Crippen LogP contribution in [-0.4, -0.2) is 31.9 Å². The Hall–Kier alpha value is -1.96. The Morgan fingerprint density at radius 1 is 1.43 bits per heavy atom. The minimum Gasteiger partial charge on any atom is -0.323 e. The summed E-state index contributed by atoms with van der Waals surface area (Å²) in [7, 11) is 0. The second kappa shape index (κ2) is 7.16. The molecule has 1 aromatic heterocycles. The maximum Gasteiger partial charge on any atom is 0.234 e. The first-order valence-corrected chi connectivity index (χ1v) is 7.48. The molecule has 0 aliphatic carbocycles. The van der Waals surface area contributed by atoms with Crippen LogP contribution in [0.3, 0.4) is 0 Å². The van der Waals surface area contributed by atoms with E-state index in [2.05, 4.69) is 34.7 Å². The summed E-state index contributed by atoms with van der Waals surface area (Å²) in [5.74, 6) is -0.239. The predicted octanol–water partition coefficient (Wildman–Crippen LogP) is 2.20. The van der Waals surface area contributed by atoms with E-state index in [1.807, 2.05) is 0 Å². The van der Waals surface area contributed by atoms with Crippen LogP contribution < -0.4 is 5.32 Å². The van der Waals surface area contributed by atoms with E-state index in [0.717, 1.165) is 0 Å². The number of nitrogens with zero attached hydrogens (tertiary/aromatic N) is 4. The number of carbonyl (C=O) groups is 1. The van der Waals surface area contributed by atoms with Crippen molar-refractivity contribution in [3.63, 3.8) is 0 Å². The number of carbonyl (C=O) groups excluding carboxylic acids is 1. The van der Waals surface area contributed by atoms with E-state index in [-0.39, 0.29) is 17.3 Å². The molecule has 0 spiro atoms. The molecule has 0 atom stereocenters. The fraction of sp³-hybridized carbons (Fsp3) is 0.385. The quantitative estimate of drug-likeness (QED) is 0.828. The monoisotopic (exact) mass is 309 g/mol. The number of hydrogen-bond donors (Lipinski definition) is 1. The van der Waals surface area contributed by atoms with E-state index in [0.29, 0.717) is 17.6 Å². The molecule has 0 unspecified atom stereocenters. The summed E-state index contributed by atoms with van der Waals surface area (Å²) in [4.78, 5) is 11.8. The van der Waals surface area contributed by atoms with Crippen LogP contribution >= 0.6 is 11.8 Å². The normalized spacial score (nSPS) is 10.9. The topological polar surface area (TPSA) is 72.7 Å². The molecule has 0 aliphatic heterocycles. The van der Waals surface area contributed by atoms with Crippen LogP contribution in [0.4, 0.5) is 10.1 Å². The van der Waals surface area contributed by atoms with Crippen LogP contribution in [0.5, 0.6) is 0 Å². The van der Waals surface area contributed by atoms with E-state index in [1.54, 1.807) is 16.8 Å². The molecule has 2 rings (SSSR count). The fourth-order valence-corrected chi connectivity index (χ4v) is 2.33. The molecular formula is C13H16FN5OS. The molecule has 2 aromatic rings. The molecule has 6 nitrogen and oxygen atoms in total. The molecule has 21 heavy (non-hydrogen) atoms. The zero-order chi connectivity index (χ0) is 15.2. The molecule has 1 amide bonds. The van der Waals surface area contributed by atoms with Crippen molar-refractivity contribution >= 4 is 23.4 Å². The van der Waals surface area contributed by atoms with Crippen molar-refractivity contribution in [2.75, 3.05) is 11.1 Å². The summed E-state index contributed by atoms with van der Waals surface area (Å²) < 4.78 is 15.1. The van der Waals surface area contributed by atoms with Crippen LogP contribution in [0.25, 0.3) is 0 Å². The number of para-hydroxylation sites is 1. The largest absolute Gasteiger partial charge is 0.323 e. The van der Waals surface area contributed by atoms with Crippen LogP contribution in [-0.2, 0) is 11.3 Å². The molecule has 0 radical (unpaired) electrons. The Morgan fingerprint density at radius 3 is 2.90 bits per heavy atom. The molecule has 0 aliphatic rings. The first-order valence-electron chi connectivity index (χ1n) is 6.49. The summed E-state index contributed by atoms with van der Waals surface area (Å²) in [6.07, 6.45) is 0. The van der Waals surface area contributed by atoms with E-state index in [9.17, 15) is 9.18 Å². The Bertz CT molecular complexity index is 616. The van der Waals surface area contributed by atoms with Crippen molar-refractivity contribution in [1.29, 1.82) is 0 Å². The number of hydrogen-bond acceptors (Lipinski definition) is 5. The average molecular weight is 309 g/mol. The second-order valence-electron chi connectivity index (χ2n) is 4.85. The summed E-state index contributed by atoms with van der Waals surface area (Å²) in [6.45, 7) is 4.80. The van der Waals surface area contributed by atoms with Gasteiger partial charge in [0.25, 0.3) is 0 Å². The number of tetrazole rings is 1. The summed E-state index contributed by atoms with van der Waals surface area (Å²) >= 11 is 1.22. The molecule has 1 heterocycles. The highest BCUT2D eigenvalue weighted by Crippen LogP contribution is 2.17. The zero-order valence-corrected chi connectivity index (χ0v) is 12.6. The van der Waals surface area contributed by atoms with Crippen molar-refractivity contribution in [2.24, 2.45) is 5.92 Å². The van der Waals surface area contributed by atoms with Gasteiger partial charge in [-0.3, -0.25) is 4.79 Å². The first-order chi connectivity index (χ1) is 10.1. The minimum atomic E-state index is -0.458. The van der Waals surface area contributed by atoms with Gasteiger partial charge in [0.05, 0.1) is 11.4 Å². The van der Waals surface area contributed by atoms with Gasteiger partial charge in [0, 0.05) is 6.54 Å². The fourth-order valence-electron chi connectivity index (χ4n) is 1.64. The lowest BCUT2D eigenvalue weighted by Crippen LogP contribution is -2.16. The van der Waals surface area contributed by atoms with Crippen LogP contribution in [0.1, 0.15) is 13.8 Å². The highest BCUT2D eigenvalue weighted by molar-refractivity contribution is 7.99. The molecule has 112 valence electrons. The highest BCUT2D eigenvalue weighted by atomic mass is 32.2. The molecule has 0 saturated heterocycles. The Balaban J connectivity index is 1.90. The van der Waals surface area contributed by atoms with E-state index < -0.39 is 5.82 Å². The minimum absolute atomic E-state index is 0.118. The number of nitrogens with one attached hydrogen (secondary N) is 1. The number of anilines is 1. The third-order valence-electron chi connectivity index (χ3n) is 2.52. The molecule has 0 bridgehead atoms. The van der Waals surface area contributed by atoms with Crippen LogP contribution in [0.15, 0.2) is 29.4 Å². The number of amides is 1. The van der Waals surface area contributed by atoms with Gasteiger partial charge in [-0.15, -0.1) is 5.10 Å². The predicted molar refractivity (Wildman–Crippen MR) is 78.4 cm³/mol. The summed E-state index contributed by atoms with van der Waals surface area (Å²) in [6, 6.07) is 6.04. The van der Waals surface area contributed by atoms with E-state index in [4.69, 9.17) is 0 Å². The molecular weight excluding hydrogens is 293 g/mol. The van der Waals surface area contributed by atoms with Gasteiger partial charge < -0.3 is 5.32 Å². The Kier molecular flexibility index (Phi) is 5.26. The van der Waals surface area contributed by atoms with Crippen molar-refractivity contribution < 1.29 is 9.18 Å². The lowest BCUT2D eigenvalue weighted by atomic mass is 10.2. The maximum atomic E-state index is 13.4. The van der Waals surface area contributed by atoms with Gasteiger partial charge in [-0.1, -0.05) is 37.7 Å². The molecule has 0 saturated carbocycles. The third kappa shape index (κ3) is 4.52. The Morgan fingerprint density at radius 2 is 2.19 bits per heavy atom. The standard InChI is InChI=1S/C13H16FN5OS/c1-9(2)7-19-13(16-17-18-19)21-8-12(20)15-11-6-4-3-5-10(11)14/h3-6,9H,7-8H2,1-2H3,(H,15,20). The van der Waals surface area contributed by atoms with Gasteiger partial charge in [-0.25, -0.2) is 9.07 Å². The number of aromatic nitrogens is 4. The van der Waals surface area contributed by atoms with Gasteiger partial charge in [0.15, 0.2) is 0 Å². The second-order valence-corrected chi connectivity index (χ2v) is 5.80.